The first-order chi connectivity index (χ1) is 21.9. The number of benzene rings is 3. The van der Waals surface area contributed by atoms with Crippen LogP contribution in [-0.4, -0.2) is 0 Å². The third-order valence-corrected chi connectivity index (χ3v) is 9.91. The molecule has 0 aliphatic heterocycles. The molecule has 2 fully saturated rings. The van der Waals surface area contributed by atoms with E-state index in [2.05, 4.69) is 11.7 Å². The van der Waals surface area contributed by atoms with Gasteiger partial charge < -0.3 is 4.74 Å². The van der Waals surface area contributed by atoms with Crippen LogP contribution in [0, 0.1) is 58.5 Å². The number of hydrogen-bond acceptors (Lipinski definition) is 1. The lowest BCUT2D eigenvalue weighted by atomic mass is 9.68. The third-order valence-electron chi connectivity index (χ3n) is 9.91. The highest BCUT2D eigenvalue weighted by Crippen LogP contribution is 2.46. The van der Waals surface area contributed by atoms with Gasteiger partial charge in [0.15, 0.2) is 17.5 Å². The lowest BCUT2D eigenvalue weighted by Gasteiger charge is -2.38. The first-order valence-electron chi connectivity index (χ1n) is 16.1. The van der Waals surface area contributed by atoms with Crippen molar-refractivity contribution in [1.82, 2.24) is 0 Å². The van der Waals surface area contributed by atoms with Crippen LogP contribution in [0.5, 0.6) is 5.75 Å². The summed E-state index contributed by atoms with van der Waals surface area (Å²) in [4.78, 5) is 0. The molecule has 2 saturated carbocycles. The van der Waals surface area contributed by atoms with E-state index >= 15 is 8.78 Å². The van der Waals surface area contributed by atoms with Gasteiger partial charge in [-0.2, -0.15) is 8.78 Å². The van der Waals surface area contributed by atoms with E-state index in [0.29, 0.717) is 29.5 Å². The molecule has 5 rings (SSSR count). The Kier molecular flexibility index (Phi) is 10.6. The molecule has 1 nitrogen and oxygen atoms in total. The fourth-order valence-electron chi connectivity index (χ4n) is 7.45. The summed E-state index contributed by atoms with van der Waals surface area (Å²) in [6.45, 7) is 2.21. The van der Waals surface area contributed by atoms with E-state index in [1.165, 1.54) is 51.4 Å². The highest BCUT2D eigenvalue weighted by atomic mass is 19.3. The molecule has 0 unspecified atom stereocenters. The Labute approximate surface area is 263 Å². The number of alkyl halides is 2. The highest BCUT2D eigenvalue weighted by Gasteiger charge is 2.42. The zero-order valence-corrected chi connectivity index (χ0v) is 25.6. The summed E-state index contributed by atoms with van der Waals surface area (Å²) in [7, 11) is 0. The van der Waals surface area contributed by atoms with Crippen molar-refractivity contribution in [2.75, 3.05) is 0 Å². The normalized spacial score (nSPS) is 22.2. The quantitative estimate of drug-likeness (QED) is 0.120. The second-order valence-electron chi connectivity index (χ2n) is 12.9. The Bertz CT molecular complexity index is 1450. The summed E-state index contributed by atoms with van der Waals surface area (Å²) in [6.07, 6.45) is 8.79. The molecule has 3 aromatic carbocycles. The summed E-state index contributed by atoms with van der Waals surface area (Å²) in [5.74, 6) is -10.9. The second-order valence-corrected chi connectivity index (χ2v) is 12.9. The minimum atomic E-state index is -4.82. The summed E-state index contributed by atoms with van der Waals surface area (Å²) in [6, 6.07) is 3.07. The minimum absolute atomic E-state index is 0.0764. The molecule has 0 aromatic heterocycles. The molecule has 0 atom stereocenters. The molecule has 3 aromatic rings. The topological polar surface area (TPSA) is 9.23 Å². The molecule has 0 amide bonds. The highest BCUT2D eigenvalue weighted by molar-refractivity contribution is 5.66. The van der Waals surface area contributed by atoms with E-state index in [9.17, 15) is 30.7 Å². The Morgan fingerprint density at radius 3 is 1.67 bits per heavy atom. The van der Waals surface area contributed by atoms with Crippen LogP contribution in [-0.2, 0) is 6.11 Å². The average molecular weight is 657 g/mol. The van der Waals surface area contributed by atoms with Crippen LogP contribution >= 0.6 is 0 Å². The van der Waals surface area contributed by atoms with Gasteiger partial charge in [0.2, 0.25) is 0 Å². The lowest BCUT2D eigenvalue weighted by molar-refractivity contribution is -0.189. The first kappa shape index (κ1) is 34.2. The molecule has 10 heteroatoms. The number of rotatable bonds is 10. The number of unbranched alkanes of at least 4 members (excludes halogenated alkanes) is 2. The molecule has 2 aliphatic carbocycles. The number of hydrogen-bond donors (Lipinski definition) is 0. The van der Waals surface area contributed by atoms with Crippen molar-refractivity contribution < 1.29 is 44.3 Å². The number of ether oxygens (including phenoxy) is 1. The van der Waals surface area contributed by atoms with Crippen LogP contribution in [0.4, 0.5) is 39.5 Å². The molecular formula is C36H37F9O. The van der Waals surface area contributed by atoms with Gasteiger partial charge in [-0.05, 0) is 97.6 Å². The van der Waals surface area contributed by atoms with E-state index in [0.717, 1.165) is 43.7 Å². The summed E-state index contributed by atoms with van der Waals surface area (Å²) >= 11 is 0. The van der Waals surface area contributed by atoms with Crippen LogP contribution in [0.15, 0.2) is 36.4 Å². The maximum atomic E-state index is 15.3. The smallest absolute Gasteiger partial charge is 0.429 e. The molecule has 250 valence electrons. The maximum absolute atomic E-state index is 15.3. The Morgan fingerprint density at radius 1 is 0.630 bits per heavy atom. The summed E-state index contributed by atoms with van der Waals surface area (Å²) in [5, 5.41) is 0. The molecule has 0 N–H and O–H groups in total. The predicted octanol–water partition coefficient (Wildman–Crippen LogP) is 12.1. The van der Waals surface area contributed by atoms with Gasteiger partial charge in [-0.25, -0.2) is 30.7 Å². The first-order valence-corrected chi connectivity index (χ1v) is 16.1. The standard InChI is InChI=1S/C36H37F9O/c1-2-3-4-5-20-6-8-21(9-7-20)22-10-12-23(13-11-22)24-14-27(37)33(28(38)15-24)25-16-29(39)34(30(40)17-25)36(44,45)46-26-18-31(41)35(43)32(42)19-26/h14-23H,2-13H2,1H3. The van der Waals surface area contributed by atoms with Gasteiger partial charge in [0.25, 0.3) is 0 Å². The van der Waals surface area contributed by atoms with Gasteiger partial charge in [-0.15, -0.1) is 0 Å². The van der Waals surface area contributed by atoms with Crippen molar-refractivity contribution >= 4 is 0 Å². The number of halogens is 9. The molecule has 0 heterocycles. The lowest BCUT2D eigenvalue weighted by Crippen LogP contribution is -2.25. The van der Waals surface area contributed by atoms with E-state index in [1.807, 2.05) is 0 Å². The average Bonchev–Trinajstić information content (AvgIpc) is 2.99. The van der Waals surface area contributed by atoms with Gasteiger partial charge in [0.1, 0.15) is 34.6 Å². The van der Waals surface area contributed by atoms with Gasteiger partial charge in [-0.3, -0.25) is 0 Å². The van der Waals surface area contributed by atoms with Crippen molar-refractivity contribution in [1.29, 1.82) is 0 Å². The minimum Gasteiger partial charge on any atom is -0.429 e. The van der Waals surface area contributed by atoms with Crippen LogP contribution in [0.25, 0.3) is 11.1 Å². The Morgan fingerprint density at radius 2 is 1.15 bits per heavy atom. The molecule has 0 radical (unpaired) electrons. The molecule has 0 bridgehead atoms. The maximum Gasteiger partial charge on any atom is 0.432 e. The van der Waals surface area contributed by atoms with E-state index in [4.69, 9.17) is 0 Å². The Balaban J connectivity index is 1.26. The summed E-state index contributed by atoms with van der Waals surface area (Å²) < 4.78 is 134. The van der Waals surface area contributed by atoms with Crippen molar-refractivity contribution in [2.24, 2.45) is 17.8 Å². The van der Waals surface area contributed by atoms with Gasteiger partial charge in [-0.1, -0.05) is 45.4 Å². The van der Waals surface area contributed by atoms with Crippen LogP contribution < -0.4 is 4.74 Å². The predicted molar refractivity (Wildman–Crippen MR) is 157 cm³/mol. The SMILES string of the molecule is CCCCCC1CCC(C2CCC(c3cc(F)c(-c4cc(F)c(C(F)(F)Oc5cc(F)c(F)c(F)c5)c(F)c4)c(F)c3)CC2)CC1. The Hall–Kier alpha value is -3.17. The van der Waals surface area contributed by atoms with Crippen LogP contribution in [0.3, 0.4) is 0 Å². The van der Waals surface area contributed by atoms with Gasteiger partial charge in [0, 0.05) is 12.1 Å². The van der Waals surface area contributed by atoms with E-state index < -0.39 is 69.3 Å². The molecule has 46 heavy (non-hydrogen) atoms. The van der Waals surface area contributed by atoms with Gasteiger partial charge >= 0.3 is 6.11 Å². The monoisotopic (exact) mass is 656 g/mol. The van der Waals surface area contributed by atoms with Crippen molar-refractivity contribution in [2.45, 2.75) is 96.0 Å². The van der Waals surface area contributed by atoms with E-state index in [-0.39, 0.29) is 18.1 Å². The van der Waals surface area contributed by atoms with Crippen molar-refractivity contribution in [3.63, 3.8) is 0 Å². The van der Waals surface area contributed by atoms with Crippen molar-refractivity contribution in [3.05, 3.63) is 88.2 Å². The largest absolute Gasteiger partial charge is 0.432 e. The molecule has 0 spiro atoms. The molecular weight excluding hydrogens is 619 g/mol. The van der Waals surface area contributed by atoms with E-state index in [1.54, 1.807) is 0 Å². The fourth-order valence-corrected chi connectivity index (χ4v) is 7.45. The third kappa shape index (κ3) is 7.52. The fraction of sp³-hybridized carbons (Fsp3) is 0.500. The van der Waals surface area contributed by atoms with Crippen molar-refractivity contribution in [3.8, 4) is 16.9 Å². The van der Waals surface area contributed by atoms with Crippen LogP contribution in [0.2, 0.25) is 0 Å². The van der Waals surface area contributed by atoms with Crippen LogP contribution in [0.1, 0.15) is 101 Å². The molecule has 0 saturated heterocycles. The van der Waals surface area contributed by atoms with Gasteiger partial charge in [0.05, 0.1) is 5.56 Å². The zero-order chi connectivity index (χ0) is 33.2. The zero-order valence-electron chi connectivity index (χ0n) is 25.6. The summed E-state index contributed by atoms with van der Waals surface area (Å²) in [5.41, 5.74) is -2.97. The second kappa shape index (κ2) is 14.3. The molecule has 2 aliphatic rings.